The molecular formula is C14H21NO4S. The Morgan fingerprint density at radius 2 is 2.05 bits per heavy atom. The van der Waals surface area contributed by atoms with Gasteiger partial charge >= 0.3 is 5.97 Å². The van der Waals surface area contributed by atoms with E-state index < -0.39 is 0 Å². The summed E-state index contributed by atoms with van der Waals surface area (Å²) in [7, 11) is 4.62. The lowest BCUT2D eigenvalue weighted by molar-refractivity contribution is -0.140. The molecule has 20 heavy (non-hydrogen) atoms. The second-order valence-electron chi connectivity index (χ2n) is 4.12. The quantitative estimate of drug-likeness (QED) is 0.585. The van der Waals surface area contributed by atoms with Crippen molar-refractivity contribution in [3.63, 3.8) is 0 Å². The maximum Gasteiger partial charge on any atom is 0.306 e. The predicted molar refractivity (Wildman–Crippen MR) is 80.4 cm³/mol. The van der Waals surface area contributed by atoms with E-state index in [0.717, 1.165) is 17.1 Å². The van der Waals surface area contributed by atoms with Crippen molar-refractivity contribution in [1.82, 2.24) is 0 Å². The van der Waals surface area contributed by atoms with Crippen molar-refractivity contribution in [2.45, 2.75) is 12.5 Å². The molecule has 2 N–H and O–H groups in total. The van der Waals surface area contributed by atoms with Crippen molar-refractivity contribution in [2.24, 2.45) is 5.73 Å². The van der Waals surface area contributed by atoms with E-state index in [2.05, 4.69) is 4.74 Å². The largest absolute Gasteiger partial charge is 0.497 e. The van der Waals surface area contributed by atoms with E-state index in [4.69, 9.17) is 15.2 Å². The number of nitrogens with two attached hydrogens (primary N) is 1. The Balaban J connectivity index is 2.57. The van der Waals surface area contributed by atoms with Crippen LogP contribution in [0, 0.1) is 0 Å². The van der Waals surface area contributed by atoms with Crippen LogP contribution in [-0.2, 0) is 9.53 Å². The van der Waals surface area contributed by atoms with E-state index in [-0.39, 0.29) is 12.0 Å². The Bertz CT molecular complexity index is 439. The van der Waals surface area contributed by atoms with Gasteiger partial charge < -0.3 is 19.9 Å². The Kier molecular flexibility index (Phi) is 7.25. The molecule has 112 valence electrons. The van der Waals surface area contributed by atoms with Crippen LogP contribution in [0.15, 0.2) is 18.2 Å². The average molecular weight is 299 g/mol. The van der Waals surface area contributed by atoms with Crippen LogP contribution < -0.4 is 15.2 Å². The first-order chi connectivity index (χ1) is 9.62. The fourth-order valence-electron chi connectivity index (χ4n) is 1.69. The molecule has 0 saturated heterocycles. The molecule has 0 saturated carbocycles. The third kappa shape index (κ3) is 4.94. The molecule has 0 heterocycles. The summed E-state index contributed by atoms with van der Waals surface area (Å²) >= 11 is 1.61. The average Bonchev–Trinajstić information content (AvgIpc) is 2.50. The van der Waals surface area contributed by atoms with Gasteiger partial charge in [-0.1, -0.05) is 0 Å². The maximum atomic E-state index is 11.0. The van der Waals surface area contributed by atoms with Gasteiger partial charge in [-0.25, -0.2) is 0 Å². The number of carbonyl (C=O) groups is 1. The number of rotatable bonds is 8. The van der Waals surface area contributed by atoms with Gasteiger partial charge in [-0.15, -0.1) is 0 Å². The zero-order chi connectivity index (χ0) is 15.0. The molecule has 1 aromatic rings. The molecule has 5 nitrogen and oxygen atoms in total. The molecule has 0 bridgehead atoms. The van der Waals surface area contributed by atoms with Crippen LogP contribution >= 0.6 is 11.8 Å². The van der Waals surface area contributed by atoms with E-state index in [1.54, 1.807) is 26.0 Å². The molecule has 1 atom stereocenters. The van der Waals surface area contributed by atoms with Crippen molar-refractivity contribution >= 4 is 17.7 Å². The summed E-state index contributed by atoms with van der Waals surface area (Å²) in [6.45, 7) is 0. The van der Waals surface area contributed by atoms with Crippen LogP contribution in [0.1, 0.15) is 18.0 Å². The molecular weight excluding hydrogens is 278 g/mol. The van der Waals surface area contributed by atoms with E-state index in [1.807, 2.05) is 18.2 Å². The molecule has 1 aromatic carbocycles. The van der Waals surface area contributed by atoms with E-state index >= 15 is 0 Å². The molecule has 6 heteroatoms. The molecule has 0 aromatic heterocycles. The molecule has 0 fully saturated rings. The number of carbonyl (C=O) groups excluding carboxylic acids is 1. The number of methoxy groups -OCH3 is 3. The van der Waals surface area contributed by atoms with Crippen molar-refractivity contribution in [3.8, 4) is 11.5 Å². The zero-order valence-electron chi connectivity index (χ0n) is 12.0. The third-order valence-electron chi connectivity index (χ3n) is 2.81. The van der Waals surface area contributed by atoms with Gasteiger partial charge in [0, 0.05) is 23.1 Å². The third-order valence-corrected chi connectivity index (χ3v) is 3.90. The molecule has 0 aliphatic rings. The molecule has 0 aliphatic carbocycles. The molecule has 1 rings (SSSR count). The lowest BCUT2D eigenvalue weighted by Gasteiger charge is -2.16. The first kappa shape index (κ1) is 16.7. The normalized spacial score (nSPS) is 11.8. The number of hydrogen-bond donors (Lipinski definition) is 1. The van der Waals surface area contributed by atoms with Crippen molar-refractivity contribution in [3.05, 3.63) is 23.8 Å². The highest BCUT2D eigenvalue weighted by Crippen LogP contribution is 2.29. The molecule has 1 unspecified atom stereocenters. The zero-order valence-corrected chi connectivity index (χ0v) is 12.9. The highest BCUT2D eigenvalue weighted by molar-refractivity contribution is 7.99. The van der Waals surface area contributed by atoms with Crippen LogP contribution in [0.2, 0.25) is 0 Å². The lowest BCUT2D eigenvalue weighted by Crippen LogP contribution is -2.15. The summed E-state index contributed by atoms with van der Waals surface area (Å²) in [6, 6.07) is 5.37. The Labute approximate surface area is 123 Å². The molecule has 0 spiro atoms. The first-order valence-corrected chi connectivity index (χ1v) is 7.40. The number of benzene rings is 1. The van der Waals surface area contributed by atoms with Crippen molar-refractivity contribution in [1.29, 1.82) is 0 Å². The molecule has 0 amide bonds. The standard InChI is InChI=1S/C14H21NO4S/c1-17-10-4-5-13(18-2)11(8-10)12(15)9-20-7-6-14(16)19-3/h4-5,8,12H,6-7,9,15H2,1-3H3. The Morgan fingerprint density at radius 1 is 1.30 bits per heavy atom. The summed E-state index contributed by atoms with van der Waals surface area (Å²) in [4.78, 5) is 11.0. The summed E-state index contributed by atoms with van der Waals surface area (Å²) in [6.07, 6.45) is 0.392. The second-order valence-corrected chi connectivity index (χ2v) is 5.27. The Hall–Kier alpha value is -1.40. The monoisotopic (exact) mass is 299 g/mol. The first-order valence-electron chi connectivity index (χ1n) is 6.24. The van der Waals surface area contributed by atoms with Gasteiger partial charge in [0.25, 0.3) is 0 Å². The van der Waals surface area contributed by atoms with Gasteiger partial charge in [-0.3, -0.25) is 4.79 Å². The van der Waals surface area contributed by atoms with Crippen LogP contribution in [0.25, 0.3) is 0 Å². The van der Waals surface area contributed by atoms with Crippen LogP contribution in [0.5, 0.6) is 11.5 Å². The number of esters is 1. The maximum absolute atomic E-state index is 11.0. The minimum Gasteiger partial charge on any atom is -0.497 e. The summed E-state index contributed by atoms with van der Waals surface area (Å²) in [5.41, 5.74) is 7.07. The van der Waals surface area contributed by atoms with Gasteiger partial charge in [0.1, 0.15) is 11.5 Å². The second kappa shape index (κ2) is 8.71. The van der Waals surface area contributed by atoms with Gasteiger partial charge in [0.15, 0.2) is 0 Å². The van der Waals surface area contributed by atoms with Crippen molar-refractivity contribution < 1.29 is 19.0 Å². The smallest absolute Gasteiger partial charge is 0.306 e. The van der Waals surface area contributed by atoms with Crippen LogP contribution in [0.3, 0.4) is 0 Å². The van der Waals surface area contributed by atoms with Gasteiger partial charge in [-0.05, 0) is 18.2 Å². The van der Waals surface area contributed by atoms with Gasteiger partial charge in [-0.2, -0.15) is 11.8 Å². The van der Waals surface area contributed by atoms with E-state index in [1.165, 1.54) is 7.11 Å². The predicted octanol–water partition coefficient (Wildman–Crippen LogP) is 2.00. The van der Waals surface area contributed by atoms with Crippen LogP contribution in [-0.4, -0.2) is 38.8 Å². The highest BCUT2D eigenvalue weighted by atomic mass is 32.2. The fraction of sp³-hybridized carbons (Fsp3) is 0.500. The van der Waals surface area contributed by atoms with Gasteiger partial charge in [0.2, 0.25) is 0 Å². The fourth-order valence-corrected chi connectivity index (χ4v) is 2.60. The molecule has 0 aliphatic heterocycles. The van der Waals surface area contributed by atoms with Crippen LogP contribution in [0.4, 0.5) is 0 Å². The molecule has 0 radical (unpaired) electrons. The number of thioether (sulfide) groups is 1. The summed E-state index contributed by atoms with van der Waals surface area (Å²) in [5, 5.41) is 0. The summed E-state index contributed by atoms with van der Waals surface area (Å²) < 4.78 is 15.1. The Morgan fingerprint density at radius 3 is 2.65 bits per heavy atom. The highest BCUT2D eigenvalue weighted by Gasteiger charge is 2.13. The minimum absolute atomic E-state index is 0.178. The number of ether oxygens (including phenoxy) is 3. The lowest BCUT2D eigenvalue weighted by atomic mass is 10.1. The SMILES string of the molecule is COC(=O)CCSCC(N)c1cc(OC)ccc1OC. The van der Waals surface area contributed by atoms with Crippen molar-refractivity contribution in [2.75, 3.05) is 32.8 Å². The van der Waals surface area contributed by atoms with E-state index in [0.29, 0.717) is 17.9 Å². The summed E-state index contributed by atoms with van der Waals surface area (Å²) in [5.74, 6) is 2.67. The minimum atomic E-state index is -0.204. The topological polar surface area (TPSA) is 70.8 Å². The van der Waals surface area contributed by atoms with Gasteiger partial charge in [0.05, 0.1) is 27.8 Å². The van der Waals surface area contributed by atoms with E-state index in [9.17, 15) is 4.79 Å². The number of hydrogen-bond acceptors (Lipinski definition) is 6.